The van der Waals surface area contributed by atoms with Crippen LogP contribution < -0.4 is 0 Å². The molecule has 2 atom stereocenters. The highest BCUT2D eigenvalue weighted by molar-refractivity contribution is 6.45. The highest BCUT2D eigenvalue weighted by Gasteiger charge is 2.35. The molecule has 11 heavy (non-hydrogen) atoms. The SMILES string of the molecule is OB(O)C1C=CN=C(F)C1F. The van der Waals surface area contributed by atoms with Crippen molar-refractivity contribution in [1.82, 2.24) is 0 Å². The molecule has 2 N–H and O–H groups in total. The minimum Gasteiger partial charge on any atom is -0.427 e. The molecule has 0 radical (unpaired) electrons. The minimum absolute atomic E-state index is 1.01. The Kier molecular flexibility index (Phi) is 2.36. The predicted molar refractivity (Wildman–Crippen MR) is 36.5 cm³/mol. The summed E-state index contributed by atoms with van der Waals surface area (Å²) in [6.07, 6.45) is 0.0773. The summed E-state index contributed by atoms with van der Waals surface area (Å²) in [4.78, 5) is 3.02. The van der Waals surface area contributed by atoms with Gasteiger partial charge in [-0.1, -0.05) is 6.08 Å². The van der Waals surface area contributed by atoms with Crippen LogP contribution in [-0.2, 0) is 0 Å². The third-order valence-corrected chi connectivity index (χ3v) is 1.42. The Morgan fingerprint density at radius 1 is 1.55 bits per heavy atom. The quantitative estimate of drug-likeness (QED) is 0.534. The van der Waals surface area contributed by atoms with Crippen LogP contribution in [0.4, 0.5) is 8.78 Å². The van der Waals surface area contributed by atoms with Gasteiger partial charge in [-0.3, -0.25) is 0 Å². The van der Waals surface area contributed by atoms with E-state index in [0.717, 1.165) is 12.3 Å². The molecule has 0 spiro atoms. The highest BCUT2D eigenvalue weighted by atomic mass is 19.2. The van der Waals surface area contributed by atoms with Gasteiger partial charge >= 0.3 is 7.12 Å². The van der Waals surface area contributed by atoms with E-state index in [9.17, 15) is 8.78 Å². The molecule has 0 bridgehead atoms. The second-order valence-electron chi connectivity index (χ2n) is 2.19. The van der Waals surface area contributed by atoms with Crippen LogP contribution in [0.2, 0.25) is 5.82 Å². The van der Waals surface area contributed by atoms with Gasteiger partial charge in [0.05, 0.1) is 5.82 Å². The van der Waals surface area contributed by atoms with Gasteiger partial charge in [0.1, 0.15) is 0 Å². The van der Waals surface area contributed by atoms with E-state index in [0.29, 0.717) is 0 Å². The van der Waals surface area contributed by atoms with E-state index < -0.39 is 25.1 Å². The van der Waals surface area contributed by atoms with E-state index in [4.69, 9.17) is 10.0 Å². The van der Waals surface area contributed by atoms with Crippen molar-refractivity contribution in [1.29, 1.82) is 0 Å². The molecule has 0 amide bonds. The average Bonchev–Trinajstić information content (AvgIpc) is 1.94. The van der Waals surface area contributed by atoms with Crippen molar-refractivity contribution >= 4 is 13.1 Å². The molecule has 0 aromatic carbocycles. The summed E-state index contributed by atoms with van der Waals surface area (Å²) < 4.78 is 24.9. The van der Waals surface area contributed by atoms with E-state index in [1.54, 1.807) is 0 Å². The first-order valence-electron chi connectivity index (χ1n) is 3.03. The van der Waals surface area contributed by atoms with E-state index >= 15 is 0 Å². The molecule has 1 rings (SSSR count). The Bertz CT molecular complexity index is 207. The summed E-state index contributed by atoms with van der Waals surface area (Å²) in [5.74, 6) is -2.46. The summed E-state index contributed by atoms with van der Waals surface area (Å²) in [6, 6.07) is 0. The molecule has 1 heterocycles. The second kappa shape index (κ2) is 3.10. The first kappa shape index (κ1) is 8.35. The molecule has 60 valence electrons. The number of allylic oxidation sites excluding steroid dienone is 1. The Hall–Kier alpha value is -0.745. The van der Waals surface area contributed by atoms with Gasteiger partial charge in [-0.05, 0) is 0 Å². The van der Waals surface area contributed by atoms with E-state index in [-0.39, 0.29) is 0 Å². The van der Waals surface area contributed by atoms with E-state index in [1.165, 1.54) is 0 Å². The summed E-state index contributed by atoms with van der Waals surface area (Å²) >= 11 is 0. The fourth-order valence-corrected chi connectivity index (χ4v) is 0.792. The third-order valence-electron chi connectivity index (χ3n) is 1.42. The molecule has 6 heteroatoms. The number of alkyl halides is 1. The fourth-order valence-electron chi connectivity index (χ4n) is 0.792. The lowest BCUT2D eigenvalue weighted by Gasteiger charge is -2.16. The summed E-state index contributed by atoms with van der Waals surface area (Å²) in [5.41, 5.74) is 0. The smallest absolute Gasteiger partial charge is 0.427 e. The number of rotatable bonds is 1. The first-order chi connectivity index (χ1) is 5.13. The topological polar surface area (TPSA) is 52.8 Å². The zero-order chi connectivity index (χ0) is 8.43. The molecule has 0 aliphatic carbocycles. The molecule has 0 fully saturated rings. The van der Waals surface area contributed by atoms with Crippen molar-refractivity contribution in [3.8, 4) is 0 Å². The number of aliphatic imine (C=N–C) groups is 1. The van der Waals surface area contributed by atoms with Crippen molar-refractivity contribution < 1.29 is 18.8 Å². The van der Waals surface area contributed by atoms with Crippen LogP contribution in [0.15, 0.2) is 17.3 Å². The average molecular weight is 161 g/mol. The Labute approximate surface area is 62.2 Å². The van der Waals surface area contributed by atoms with E-state index in [1.807, 2.05) is 0 Å². The maximum Gasteiger partial charge on any atom is 0.462 e. The number of halogens is 2. The largest absolute Gasteiger partial charge is 0.462 e. The molecule has 3 nitrogen and oxygen atoms in total. The fraction of sp³-hybridized carbons (Fsp3) is 0.400. The van der Waals surface area contributed by atoms with Gasteiger partial charge in [0.2, 0.25) is 5.97 Å². The second-order valence-corrected chi connectivity index (χ2v) is 2.19. The predicted octanol–water partition coefficient (Wildman–Crippen LogP) is 0.0628. The zero-order valence-corrected chi connectivity index (χ0v) is 5.48. The maximum atomic E-state index is 12.6. The Morgan fingerprint density at radius 2 is 2.18 bits per heavy atom. The number of hydrogen-bond donors (Lipinski definition) is 2. The van der Waals surface area contributed by atoms with Crippen LogP contribution in [0.1, 0.15) is 0 Å². The van der Waals surface area contributed by atoms with E-state index in [2.05, 4.69) is 4.99 Å². The Morgan fingerprint density at radius 3 is 2.64 bits per heavy atom. The lowest BCUT2D eigenvalue weighted by Crippen LogP contribution is -2.31. The normalized spacial score (nSPS) is 30.0. The van der Waals surface area contributed by atoms with Gasteiger partial charge in [-0.2, -0.15) is 4.39 Å². The summed E-state index contributed by atoms with van der Waals surface area (Å²) in [7, 11) is -1.89. The van der Waals surface area contributed by atoms with Crippen LogP contribution in [-0.4, -0.2) is 29.3 Å². The van der Waals surface area contributed by atoms with Crippen LogP contribution in [0.5, 0.6) is 0 Å². The van der Waals surface area contributed by atoms with Crippen molar-refractivity contribution in [3.63, 3.8) is 0 Å². The third kappa shape index (κ3) is 1.64. The number of nitrogens with zero attached hydrogens (tertiary/aromatic N) is 1. The molecule has 1 aliphatic heterocycles. The molecule has 1 aliphatic rings. The number of hydrogen-bond acceptors (Lipinski definition) is 3. The molecule has 0 saturated carbocycles. The van der Waals surface area contributed by atoms with Crippen LogP contribution >= 0.6 is 0 Å². The lowest BCUT2D eigenvalue weighted by molar-refractivity contribution is 0.333. The molecule has 0 aromatic heterocycles. The molecular formula is C5H6BF2NO2. The van der Waals surface area contributed by atoms with Crippen molar-refractivity contribution in [2.24, 2.45) is 4.99 Å². The minimum atomic E-state index is -2.04. The highest BCUT2D eigenvalue weighted by Crippen LogP contribution is 2.23. The maximum absolute atomic E-state index is 12.6. The van der Waals surface area contributed by atoms with Crippen LogP contribution in [0.3, 0.4) is 0 Å². The molecular weight excluding hydrogens is 155 g/mol. The Balaban J connectivity index is 2.73. The van der Waals surface area contributed by atoms with Gasteiger partial charge in [0.15, 0.2) is 6.17 Å². The van der Waals surface area contributed by atoms with Gasteiger partial charge in [-0.15, -0.1) is 0 Å². The van der Waals surface area contributed by atoms with Gasteiger partial charge in [-0.25, -0.2) is 9.38 Å². The van der Waals surface area contributed by atoms with Crippen LogP contribution in [0.25, 0.3) is 0 Å². The molecule has 0 aromatic rings. The standard InChI is InChI=1S/C5H6BF2NO2/c7-4-3(6(10)11)1-2-9-5(4)8/h1-4,10-11H. The summed E-state index contributed by atoms with van der Waals surface area (Å²) in [5, 5.41) is 17.0. The summed E-state index contributed by atoms with van der Waals surface area (Å²) in [6.45, 7) is 0. The van der Waals surface area contributed by atoms with Gasteiger partial charge in [0.25, 0.3) is 0 Å². The van der Waals surface area contributed by atoms with Gasteiger partial charge < -0.3 is 10.0 Å². The van der Waals surface area contributed by atoms with Crippen LogP contribution in [0, 0.1) is 0 Å². The monoisotopic (exact) mass is 161 g/mol. The zero-order valence-electron chi connectivity index (χ0n) is 5.48. The van der Waals surface area contributed by atoms with Crippen molar-refractivity contribution in [2.45, 2.75) is 12.0 Å². The van der Waals surface area contributed by atoms with Crippen molar-refractivity contribution in [3.05, 3.63) is 12.3 Å². The van der Waals surface area contributed by atoms with Crippen molar-refractivity contribution in [2.75, 3.05) is 0 Å². The molecule has 0 saturated heterocycles. The lowest BCUT2D eigenvalue weighted by atomic mass is 9.69. The first-order valence-corrected chi connectivity index (χ1v) is 3.03. The van der Waals surface area contributed by atoms with Gasteiger partial charge in [0, 0.05) is 6.20 Å². The molecule has 2 unspecified atom stereocenters.